The summed E-state index contributed by atoms with van der Waals surface area (Å²) in [5.41, 5.74) is 1.66. The van der Waals surface area contributed by atoms with Crippen molar-refractivity contribution in [3.05, 3.63) is 59.7 Å². The van der Waals surface area contributed by atoms with Gasteiger partial charge in [-0.15, -0.1) is 4.40 Å². The van der Waals surface area contributed by atoms with E-state index in [0.29, 0.717) is 43.9 Å². The lowest BCUT2D eigenvalue weighted by atomic mass is 9.95. The predicted octanol–water partition coefficient (Wildman–Crippen LogP) is 2.17. The largest absolute Gasteiger partial charge is 0.497 e. The molecule has 2 aromatic rings. The van der Waals surface area contributed by atoms with Gasteiger partial charge in [-0.2, -0.15) is 8.42 Å². The lowest BCUT2D eigenvalue weighted by Crippen LogP contribution is -2.42. The molecule has 8 heteroatoms. The Kier molecular flexibility index (Phi) is 5.27. The molecular formula is C21H23N3O4S. The second-order valence-corrected chi connectivity index (χ2v) is 8.79. The van der Waals surface area contributed by atoms with Gasteiger partial charge in [0, 0.05) is 31.1 Å². The van der Waals surface area contributed by atoms with Crippen molar-refractivity contribution in [2.24, 2.45) is 10.3 Å². The maximum atomic E-state index is 12.5. The van der Waals surface area contributed by atoms with E-state index >= 15 is 0 Å². The molecule has 2 heterocycles. The molecule has 0 atom stereocenters. The van der Waals surface area contributed by atoms with Crippen LogP contribution in [0.2, 0.25) is 0 Å². The number of carbonyl (C=O) groups excluding carboxylic acids is 1. The van der Waals surface area contributed by atoms with E-state index in [4.69, 9.17) is 4.74 Å². The van der Waals surface area contributed by atoms with Crippen LogP contribution in [-0.2, 0) is 21.4 Å². The van der Waals surface area contributed by atoms with Gasteiger partial charge in [0.25, 0.3) is 10.0 Å². The first kappa shape index (κ1) is 19.4. The summed E-state index contributed by atoms with van der Waals surface area (Å²) in [6.07, 6.45) is 1.32. The average Bonchev–Trinajstić information content (AvgIpc) is 3.04. The van der Waals surface area contributed by atoms with E-state index in [9.17, 15) is 13.2 Å². The number of fused-ring (bicyclic) bond motifs is 1. The Morgan fingerprint density at radius 3 is 2.52 bits per heavy atom. The van der Waals surface area contributed by atoms with Crippen molar-refractivity contribution in [3.63, 3.8) is 0 Å². The zero-order valence-electron chi connectivity index (χ0n) is 16.2. The number of rotatable bonds is 4. The minimum atomic E-state index is -3.62. The Morgan fingerprint density at radius 2 is 1.83 bits per heavy atom. The molecule has 2 aliphatic heterocycles. The van der Waals surface area contributed by atoms with Crippen LogP contribution >= 0.6 is 0 Å². The second kappa shape index (κ2) is 7.87. The molecule has 1 fully saturated rings. The Hall–Kier alpha value is -2.87. The van der Waals surface area contributed by atoms with Crippen LogP contribution in [0.5, 0.6) is 5.75 Å². The summed E-state index contributed by atoms with van der Waals surface area (Å²) < 4.78 is 33.6. The SMILES string of the molecule is COc1ccc(CNC(=O)C2CCN(C3=NS(=O)(=O)c4ccccc43)CC2)cc1. The number of nitrogens with one attached hydrogen (secondary N) is 1. The van der Waals surface area contributed by atoms with Gasteiger partial charge in [0.05, 0.1) is 7.11 Å². The third-order valence-electron chi connectivity index (χ3n) is 5.40. The van der Waals surface area contributed by atoms with Gasteiger partial charge in [-0.3, -0.25) is 4.79 Å². The molecule has 1 amide bonds. The van der Waals surface area contributed by atoms with Crippen LogP contribution in [0, 0.1) is 5.92 Å². The van der Waals surface area contributed by atoms with Gasteiger partial charge in [0.2, 0.25) is 5.91 Å². The molecule has 0 aromatic heterocycles. The minimum absolute atomic E-state index is 0.0295. The van der Waals surface area contributed by atoms with Crippen molar-refractivity contribution >= 4 is 21.8 Å². The molecule has 0 saturated carbocycles. The van der Waals surface area contributed by atoms with Crippen LogP contribution in [0.3, 0.4) is 0 Å². The number of amidine groups is 1. The molecule has 1 N–H and O–H groups in total. The number of nitrogens with zero attached hydrogens (tertiary/aromatic N) is 2. The summed E-state index contributed by atoms with van der Waals surface area (Å²) in [5, 5.41) is 2.99. The van der Waals surface area contributed by atoms with Crippen molar-refractivity contribution < 1.29 is 17.9 Å². The van der Waals surface area contributed by atoms with E-state index in [2.05, 4.69) is 9.71 Å². The fourth-order valence-corrected chi connectivity index (χ4v) is 4.97. The van der Waals surface area contributed by atoms with E-state index in [0.717, 1.165) is 11.3 Å². The van der Waals surface area contributed by atoms with Gasteiger partial charge in [-0.25, -0.2) is 0 Å². The van der Waals surface area contributed by atoms with Crippen LogP contribution in [-0.4, -0.2) is 45.3 Å². The Labute approximate surface area is 170 Å². The van der Waals surface area contributed by atoms with E-state index in [1.54, 1.807) is 25.3 Å². The quantitative estimate of drug-likeness (QED) is 0.830. The topological polar surface area (TPSA) is 88.1 Å². The first-order valence-corrected chi connectivity index (χ1v) is 11.0. The number of benzene rings is 2. The van der Waals surface area contributed by atoms with Gasteiger partial charge in [0.1, 0.15) is 10.6 Å². The number of amides is 1. The number of likely N-dealkylation sites (tertiary alicyclic amines) is 1. The van der Waals surface area contributed by atoms with Crippen molar-refractivity contribution in [2.75, 3.05) is 20.2 Å². The minimum Gasteiger partial charge on any atom is -0.497 e. The van der Waals surface area contributed by atoms with E-state index in [1.807, 2.05) is 35.2 Å². The van der Waals surface area contributed by atoms with Crippen LogP contribution in [0.25, 0.3) is 0 Å². The first-order valence-electron chi connectivity index (χ1n) is 9.58. The Balaban J connectivity index is 1.34. The third kappa shape index (κ3) is 3.98. The fourth-order valence-electron chi connectivity index (χ4n) is 3.75. The van der Waals surface area contributed by atoms with Crippen LogP contribution < -0.4 is 10.1 Å². The lowest BCUT2D eigenvalue weighted by Gasteiger charge is -2.32. The number of methoxy groups -OCH3 is 1. The standard InChI is InChI=1S/C21H23N3O4S/c1-28-17-8-6-15(7-9-17)14-22-21(25)16-10-12-24(13-11-16)20-18-4-2-3-5-19(18)29(26,27)23-20/h2-9,16H,10-14H2,1H3,(H,22,25). The molecule has 29 heavy (non-hydrogen) atoms. The highest BCUT2D eigenvalue weighted by molar-refractivity contribution is 7.90. The maximum Gasteiger partial charge on any atom is 0.285 e. The fraction of sp³-hybridized carbons (Fsp3) is 0.333. The van der Waals surface area contributed by atoms with Gasteiger partial charge >= 0.3 is 0 Å². The molecule has 0 bridgehead atoms. The molecule has 1 saturated heterocycles. The summed E-state index contributed by atoms with van der Waals surface area (Å²) in [6, 6.07) is 14.5. The van der Waals surface area contributed by atoms with Crippen molar-refractivity contribution in [1.29, 1.82) is 0 Å². The summed E-state index contributed by atoms with van der Waals surface area (Å²) >= 11 is 0. The van der Waals surface area contributed by atoms with Gasteiger partial charge in [-0.05, 0) is 42.7 Å². The van der Waals surface area contributed by atoms with Crippen molar-refractivity contribution in [3.8, 4) is 5.75 Å². The van der Waals surface area contributed by atoms with E-state index < -0.39 is 10.0 Å². The predicted molar refractivity (Wildman–Crippen MR) is 109 cm³/mol. The monoisotopic (exact) mass is 413 g/mol. The molecular weight excluding hydrogens is 390 g/mol. The number of ether oxygens (including phenoxy) is 1. The lowest BCUT2D eigenvalue weighted by molar-refractivity contribution is -0.126. The average molecular weight is 413 g/mol. The van der Waals surface area contributed by atoms with Gasteiger partial charge in [-0.1, -0.05) is 24.3 Å². The Bertz CT molecular complexity index is 1040. The first-order chi connectivity index (χ1) is 14.0. The molecule has 0 radical (unpaired) electrons. The summed E-state index contributed by atoms with van der Waals surface area (Å²) in [5.74, 6) is 1.23. The van der Waals surface area contributed by atoms with E-state index in [-0.39, 0.29) is 16.7 Å². The second-order valence-electron chi connectivity index (χ2n) is 7.21. The molecule has 2 aromatic carbocycles. The van der Waals surface area contributed by atoms with Gasteiger partial charge in [0.15, 0.2) is 5.84 Å². The summed E-state index contributed by atoms with van der Waals surface area (Å²) in [6.45, 7) is 1.67. The number of hydrogen-bond acceptors (Lipinski definition) is 5. The number of hydrogen-bond donors (Lipinski definition) is 1. The van der Waals surface area contributed by atoms with Crippen LogP contribution in [0.4, 0.5) is 0 Å². The normalized spacial score (nSPS) is 18.1. The smallest absolute Gasteiger partial charge is 0.285 e. The summed E-state index contributed by atoms with van der Waals surface area (Å²) in [7, 11) is -2.00. The highest BCUT2D eigenvalue weighted by Gasteiger charge is 2.34. The highest BCUT2D eigenvalue weighted by atomic mass is 32.2. The van der Waals surface area contributed by atoms with E-state index in [1.165, 1.54) is 0 Å². The molecule has 0 aliphatic carbocycles. The number of sulfonamides is 1. The zero-order valence-corrected chi connectivity index (χ0v) is 17.0. The third-order valence-corrected chi connectivity index (χ3v) is 6.73. The molecule has 7 nitrogen and oxygen atoms in total. The molecule has 152 valence electrons. The molecule has 2 aliphatic rings. The van der Waals surface area contributed by atoms with Crippen LogP contribution in [0.1, 0.15) is 24.0 Å². The molecule has 0 spiro atoms. The Morgan fingerprint density at radius 1 is 1.14 bits per heavy atom. The summed E-state index contributed by atoms with van der Waals surface area (Å²) in [4.78, 5) is 14.8. The van der Waals surface area contributed by atoms with Crippen LogP contribution in [0.15, 0.2) is 57.8 Å². The van der Waals surface area contributed by atoms with Gasteiger partial charge < -0.3 is 15.0 Å². The number of piperidine rings is 1. The maximum absolute atomic E-state index is 12.5. The highest BCUT2D eigenvalue weighted by Crippen LogP contribution is 2.29. The molecule has 0 unspecified atom stereocenters. The number of carbonyl (C=O) groups is 1. The van der Waals surface area contributed by atoms with Crippen molar-refractivity contribution in [2.45, 2.75) is 24.3 Å². The zero-order chi connectivity index (χ0) is 20.4. The van der Waals surface area contributed by atoms with Crippen molar-refractivity contribution in [1.82, 2.24) is 10.2 Å². The molecule has 4 rings (SSSR count).